The number of fused-ring (bicyclic) bond motifs is 2. The lowest BCUT2D eigenvalue weighted by Gasteiger charge is -2.25. The second-order valence-corrected chi connectivity index (χ2v) is 11.2. The maximum absolute atomic E-state index is 13.4. The van der Waals surface area contributed by atoms with Gasteiger partial charge in [0.25, 0.3) is 0 Å². The van der Waals surface area contributed by atoms with Gasteiger partial charge in [0.15, 0.2) is 11.2 Å². The molecule has 1 N–H and O–H groups in total. The Morgan fingerprint density at radius 3 is 2.92 bits per heavy atom. The van der Waals surface area contributed by atoms with Crippen molar-refractivity contribution in [1.29, 1.82) is 0 Å². The minimum absolute atomic E-state index is 0.268. The van der Waals surface area contributed by atoms with E-state index in [9.17, 15) is 9.18 Å². The standard InChI is InChI=1S/C28H39FN5O3S/c1-20-16-25-27(38-20)21(2)34(19-31-25)37-26(35)10-7-15-33(18-24(17-29)36-3)14-5-4-9-23-12-11-22-8-6-13-30-28(22)32-23/h11-12,16,19,24H,4-10,13-15,17-18H2,1-3H3,(H,30,32)/q+1/t24-/m1/s1. The lowest BCUT2D eigenvalue weighted by molar-refractivity contribution is -0.874. The summed E-state index contributed by atoms with van der Waals surface area (Å²) in [4.78, 5) is 30.6. The van der Waals surface area contributed by atoms with E-state index in [2.05, 4.69) is 27.3 Å². The second kappa shape index (κ2) is 13.9. The Morgan fingerprint density at radius 2 is 2.11 bits per heavy atom. The van der Waals surface area contributed by atoms with Gasteiger partial charge in [0.2, 0.25) is 0 Å². The van der Waals surface area contributed by atoms with Gasteiger partial charge in [0, 0.05) is 43.8 Å². The third-order valence-corrected chi connectivity index (χ3v) is 8.08. The van der Waals surface area contributed by atoms with Gasteiger partial charge in [0.05, 0.1) is 12.5 Å². The average molecular weight is 545 g/mol. The van der Waals surface area contributed by atoms with Crippen LogP contribution in [-0.2, 0) is 22.4 Å². The van der Waals surface area contributed by atoms with Crippen molar-refractivity contribution in [3.05, 3.63) is 46.4 Å². The van der Waals surface area contributed by atoms with Crippen LogP contribution >= 0.6 is 11.3 Å². The van der Waals surface area contributed by atoms with Crippen LogP contribution in [0.15, 0.2) is 24.5 Å². The Morgan fingerprint density at radius 1 is 1.26 bits per heavy atom. The number of carbonyl (C=O) groups is 1. The number of ether oxygens (including phenoxy) is 1. The van der Waals surface area contributed by atoms with Crippen LogP contribution in [0.2, 0.25) is 0 Å². The molecule has 206 valence electrons. The SMILES string of the molecule is CO[C@H](CF)CN(CCCCc1ccc2c(n1)NCCC2)CCCC(=O)O[n+]1cnc2cc(C)sc2c1C. The van der Waals surface area contributed by atoms with E-state index >= 15 is 0 Å². The third-order valence-electron chi connectivity index (χ3n) is 6.93. The number of unbranched alkanes of at least 4 members (excludes halogenated alkanes) is 1. The molecule has 0 saturated carbocycles. The topological polar surface area (TPSA) is 80.5 Å². The molecule has 4 heterocycles. The number of methoxy groups -OCH3 is 1. The number of aromatic nitrogens is 3. The summed E-state index contributed by atoms with van der Waals surface area (Å²) in [6.07, 6.45) is 7.06. The molecule has 0 saturated heterocycles. The van der Waals surface area contributed by atoms with Crippen molar-refractivity contribution < 1.29 is 23.5 Å². The molecule has 0 aromatic carbocycles. The second-order valence-electron chi connectivity index (χ2n) is 9.90. The zero-order valence-electron chi connectivity index (χ0n) is 22.7. The molecule has 1 aliphatic heterocycles. The Bertz CT molecular complexity index is 1220. The molecule has 4 rings (SSSR count). The Labute approximate surface area is 228 Å². The summed E-state index contributed by atoms with van der Waals surface area (Å²) in [7, 11) is 1.54. The smallest absolute Gasteiger partial charge is 0.358 e. The van der Waals surface area contributed by atoms with Crippen LogP contribution in [-0.4, -0.2) is 66.9 Å². The number of aryl methyl sites for hydroxylation is 4. The first-order valence-electron chi connectivity index (χ1n) is 13.5. The number of rotatable bonds is 14. The maximum atomic E-state index is 13.4. The number of anilines is 1. The van der Waals surface area contributed by atoms with Gasteiger partial charge >= 0.3 is 12.3 Å². The van der Waals surface area contributed by atoms with Crippen LogP contribution in [0.3, 0.4) is 0 Å². The van der Waals surface area contributed by atoms with E-state index in [0.29, 0.717) is 19.5 Å². The van der Waals surface area contributed by atoms with E-state index in [0.717, 1.165) is 72.6 Å². The number of carbonyl (C=O) groups excluding carboxylic acids is 1. The van der Waals surface area contributed by atoms with Gasteiger partial charge in [-0.05, 0) is 79.9 Å². The van der Waals surface area contributed by atoms with Crippen LogP contribution in [0.1, 0.15) is 53.9 Å². The van der Waals surface area contributed by atoms with Crippen molar-refractivity contribution in [3.63, 3.8) is 0 Å². The summed E-state index contributed by atoms with van der Waals surface area (Å²) in [5.74, 6) is 0.719. The Hall–Kier alpha value is -2.69. The molecule has 0 bridgehead atoms. The molecule has 1 atom stereocenters. The molecule has 0 spiro atoms. The van der Waals surface area contributed by atoms with E-state index in [-0.39, 0.29) is 12.4 Å². The molecule has 0 fully saturated rings. The molecule has 38 heavy (non-hydrogen) atoms. The van der Waals surface area contributed by atoms with Gasteiger partial charge in [0.1, 0.15) is 17.2 Å². The lowest BCUT2D eigenvalue weighted by atomic mass is 10.1. The predicted molar refractivity (Wildman–Crippen MR) is 147 cm³/mol. The normalized spacial score (nSPS) is 13.9. The summed E-state index contributed by atoms with van der Waals surface area (Å²) in [6.45, 7) is 6.38. The Kier molecular flexibility index (Phi) is 10.4. The third kappa shape index (κ3) is 7.68. The van der Waals surface area contributed by atoms with E-state index < -0.39 is 12.8 Å². The summed E-state index contributed by atoms with van der Waals surface area (Å²) < 4.78 is 21.1. The number of nitrogens with zero attached hydrogens (tertiary/aromatic N) is 4. The van der Waals surface area contributed by atoms with Gasteiger partial charge < -0.3 is 15.0 Å². The molecule has 0 amide bonds. The molecule has 0 aliphatic carbocycles. The molecule has 0 radical (unpaired) electrons. The van der Waals surface area contributed by atoms with Gasteiger partial charge in [-0.3, -0.25) is 4.84 Å². The van der Waals surface area contributed by atoms with E-state index in [1.165, 1.54) is 22.3 Å². The highest BCUT2D eigenvalue weighted by molar-refractivity contribution is 7.19. The summed E-state index contributed by atoms with van der Waals surface area (Å²) in [5.41, 5.74) is 4.17. The van der Waals surface area contributed by atoms with Crippen molar-refractivity contribution in [2.45, 2.75) is 64.9 Å². The quantitative estimate of drug-likeness (QED) is 0.243. The van der Waals surface area contributed by atoms with Crippen molar-refractivity contribution >= 4 is 33.3 Å². The van der Waals surface area contributed by atoms with Gasteiger partial charge in [-0.15, -0.1) is 11.3 Å². The average Bonchev–Trinajstić information content (AvgIpc) is 3.32. The molecule has 3 aromatic heterocycles. The summed E-state index contributed by atoms with van der Waals surface area (Å²) >= 11 is 1.63. The van der Waals surface area contributed by atoms with Gasteiger partial charge in [-0.1, -0.05) is 6.07 Å². The maximum Gasteiger partial charge on any atom is 0.358 e. The van der Waals surface area contributed by atoms with E-state index in [4.69, 9.17) is 14.6 Å². The minimum Gasteiger partial charge on any atom is -0.377 e. The lowest BCUT2D eigenvalue weighted by Crippen LogP contribution is -2.48. The molecule has 3 aromatic rings. The predicted octanol–water partition coefficient (Wildman–Crippen LogP) is 4.00. The number of alkyl halides is 1. The fourth-order valence-corrected chi connectivity index (χ4v) is 5.72. The monoisotopic (exact) mass is 544 g/mol. The molecule has 0 unspecified atom stereocenters. The highest BCUT2D eigenvalue weighted by Crippen LogP contribution is 2.24. The number of nitrogens with one attached hydrogen (secondary N) is 1. The first-order valence-corrected chi connectivity index (χ1v) is 14.3. The van der Waals surface area contributed by atoms with Gasteiger partial charge in [-0.2, -0.15) is 0 Å². The highest BCUT2D eigenvalue weighted by Gasteiger charge is 2.19. The first-order chi connectivity index (χ1) is 18.5. The molecular formula is C28H39FN5O3S+. The van der Waals surface area contributed by atoms with Crippen molar-refractivity contribution in [1.82, 2.24) is 14.9 Å². The van der Waals surface area contributed by atoms with Crippen molar-refractivity contribution in [3.8, 4) is 0 Å². The Balaban J connectivity index is 1.24. The number of halogens is 1. The van der Waals surface area contributed by atoms with Crippen LogP contribution in [0.4, 0.5) is 10.2 Å². The number of hydrogen-bond donors (Lipinski definition) is 1. The fourth-order valence-electron chi connectivity index (χ4n) is 4.77. The van der Waals surface area contributed by atoms with Crippen LogP contribution in [0.5, 0.6) is 0 Å². The highest BCUT2D eigenvalue weighted by atomic mass is 32.1. The van der Waals surface area contributed by atoms with E-state index in [1.807, 2.05) is 19.9 Å². The number of pyridine rings is 1. The zero-order valence-corrected chi connectivity index (χ0v) is 23.5. The van der Waals surface area contributed by atoms with Crippen LogP contribution < -0.4 is 14.9 Å². The van der Waals surface area contributed by atoms with Crippen molar-refractivity contribution in [2.24, 2.45) is 0 Å². The van der Waals surface area contributed by atoms with Crippen LogP contribution in [0.25, 0.3) is 10.2 Å². The van der Waals surface area contributed by atoms with E-state index in [1.54, 1.807) is 17.7 Å². The summed E-state index contributed by atoms with van der Waals surface area (Å²) in [5, 5.41) is 3.39. The number of hydrogen-bond acceptors (Lipinski definition) is 8. The molecule has 8 nitrogen and oxygen atoms in total. The number of thiophene rings is 1. The van der Waals surface area contributed by atoms with Crippen molar-refractivity contribution in [2.75, 3.05) is 45.3 Å². The molecular weight excluding hydrogens is 505 g/mol. The van der Waals surface area contributed by atoms with Gasteiger partial charge in [-0.25, -0.2) is 14.2 Å². The fraction of sp³-hybridized carbons (Fsp3) is 0.571. The minimum atomic E-state index is -0.533. The first kappa shape index (κ1) is 28.3. The summed E-state index contributed by atoms with van der Waals surface area (Å²) in [6, 6.07) is 6.35. The van der Waals surface area contributed by atoms with Crippen LogP contribution in [0, 0.1) is 13.8 Å². The zero-order chi connectivity index (χ0) is 26.9. The molecule has 1 aliphatic rings. The largest absolute Gasteiger partial charge is 0.377 e. The molecule has 10 heteroatoms.